The number of hydrogen-bond donors (Lipinski definition) is 5. The highest BCUT2D eigenvalue weighted by atomic mass is 16.5. The third-order valence-corrected chi connectivity index (χ3v) is 7.14. The quantitative estimate of drug-likeness (QED) is 0.237. The van der Waals surface area contributed by atoms with Gasteiger partial charge in [0, 0.05) is 32.1 Å². The highest BCUT2D eigenvalue weighted by Gasteiger charge is 2.30. The van der Waals surface area contributed by atoms with Crippen LogP contribution in [0.2, 0.25) is 0 Å². The summed E-state index contributed by atoms with van der Waals surface area (Å²) in [5.74, 6) is -1.95. The van der Waals surface area contributed by atoms with Crippen molar-refractivity contribution in [2.45, 2.75) is 51.1 Å². The van der Waals surface area contributed by atoms with Gasteiger partial charge in [-0.1, -0.05) is 0 Å². The van der Waals surface area contributed by atoms with Crippen LogP contribution in [0, 0.1) is 11.8 Å². The van der Waals surface area contributed by atoms with Crippen LogP contribution < -0.4 is 26.0 Å². The molecule has 2 saturated heterocycles. The maximum absolute atomic E-state index is 13.0. The Bertz CT molecular complexity index is 1010. The van der Waals surface area contributed by atoms with Crippen LogP contribution in [0.1, 0.15) is 55.3 Å². The number of rotatable bonds is 12. The first-order valence-electron chi connectivity index (χ1n) is 13.5. The molecule has 2 heterocycles. The van der Waals surface area contributed by atoms with Gasteiger partial charge in [0.05, 0.1) is 12.3 Å². The molecule has 39 heavy (non-hydrogen) atoms. The topological polar surface area (TPSA) is 166 Å². The number of benzene rings is 1. The Morgan fingerprint density at radius 1 is 1.08 bits per heavy atom. The van der Waals surface area contributed by atoms with Crippen molar-refractivity contribution in [1.82, 2.24) is 26.2 Å². The Morgan fingerprint density at radius 3 is 2.46 bits per heavy atom. The van der Waals surface area contributed by atoms with Crippen LogP contribution in [-0.4, -0.2) is 85.6 Å². The van der Waals surface area contributed by atoms with E-state index in [9.17, 15) is 29.1 Å². The second kappa shape index (κ2) is 15.1. The summed E-state index contributed by atoms with van der Waals surface area (Å²) in [6.07, 6.45) is 3.09. The number of nitrogens with zero attached hydrogens (tertiary/aromatic N) is 1. The van der Waals surface area contributed by atoms with Crippen molar-refractivity contribution in [3.63, 3.8) is 0 Å². The highest BCUT2D eigenvalue weighted by molar-refractivity contribution is 5.95. The molecule has 0 bridgehead atoms. The average Bonchev–Trinajstić information content (AvgIpc) is 2.95. The summed E-state index contributed by atoms with van der Waals surface area (Å²) in [6.45, 7) is 2.68. The molecule has 1 aromatic carbocycles. The summed E-state index contributed by atoms with van der Waals surface area (Å²) >= 11 is 0. The normalized spacial score (nSPS) is 18.5. The van der Waals surface area contributed by atoms with Crippen molar-refractivity contribution in [3.05, 3.63) is 29.8 Å². The van der Waals surface area contributed by atoms with E-state index in [4.69, 9.17) is 4.74 Å². The van der Waals surface area contributed by atoms with Crippen LogP contribution in [-0.2, 0) is 19.2 Å². The number of nitrogens with one attached hydrogen (secondary N) is 4. The molecule has 12 heteroatoms. The Labute approximate surface area is 228 Å². The van der Waals surface area contributed by atoms with Crippen LogP contribution in [0.15, 0.2) is 24.3 Å². The summed E-state index contributed by atoms with van der Waals surface area (Å²) < 4.78 is 5.31. The van der Waals surface area contributed by atoms with Crippen molar-refractivity contribution < 1.29 is 33.8 Å². The third-order valence-electron chi connectivity index (χ3n) is 7.14. The lowest BCUT2D eigenvalue weighted by Gasteiger charge is -2.33. The lowest BCUT2D eigenvalue weighted by atomic mass is 9.92. The average molecular weight is 546 g/mol. The predicted molar refractivity (Wildman–Crippen MR) is 142 cm³/mol. The summed E-state index contributed by atoms with van der Waals surface area (Å²) in [4.78, 5) is 63.0. The molecule has 12 nitrogen and oxygen atoms in total. The number of hydrogen-bond acceptors (Lipinski definition) is 7. The van der Waals surface area contributed by atoms with Gasteiger partial charge < -0.3 is 36.0 Å². The van der Waals surface area contributed by atoms with E-state index in [0.29, 0.717) is 37.5 Å². The standard InChI is InChI=1S/C27H39N5O7/c1-28-23(33)17-39-21-7-5-19(6-8-21)26(37)30-22(15-25(35)36)31-27(38)20-3-2-14-32(16-20)24(34)9-4-18-10-12-29-13-11-18/h5-8,18,20,22,29H,2-4,9-17H2,1H3,(H,28,33)(H,30,37)(H,31,38)(H,35,36)/t20-,22-/m1/s1. The van der Waals surface area contributed by atoms with E-state index >= 15 is 0 Å². The summed E-state index contributed by atoms with van der Waals surface area (Å²) in [7, 11) is 1.49. The van der Waals surface area contributed by atoms with Crippen molar-refractivity contribution >= 4 is 29.6 Å². The zero-order valence-corrected chi connectivity index (χ0v) is 22.4. The molecule has 0 aliphatic carbocycles. The molecule has 3 rings (SSSR count). The van der Waals surface area contributed by atoms with Gasteiger partial charge in [-0.05, 0) is 75.4 Å². The number of carboxylic acids is 1. The molecule has 2 fully saturated rings. The van der Waals surface area contributed by atoms with E-state index in [-0.39, 0.29) is 30.5 Å². The second-order valence-electron chi connectivity index (χ2n) is 10.0. The maximum Gasteiger partial charge on any atom is 0.307 e. The van der Waals surface area contributed by atoms with Crippen molar-refractivity contribution in [1.29, 1.82) is 0 Å². The molecular weight excluding hydrogens is 506 g/mol. The van der Waals surface area contributed by atoms with E-state index in [2.05, 4.69) is 21.3 Å². The number of ether oxygens (including phenoxy) is 1. The molecule has 4 amide bonds. The maximum atomic E-state index is 13.0. The molecule has 0 aromatic heterocycles. The van der Waals surface area contributed by atoms with E-state index in [1.54, 1.807) is 4.90 Å². The van der Waals surface area contributed by atoms with Crippen molar-refractivity contribution in [3.8, 4) is 5.75 Å². The Hall–Kier alpha value is -3.67. The van der Waals surface area contributed by atoms with E-state index in [0.717, 1.165) is 32.4 Å². The number of amides is 4. The molecule has 2 aliphatic heterocycles. The number of aliphatic carboxylic acids is 1. The fraction of sp³-hybridized carbons (Fsp3) is 0.593. The predicted octanol–water partition coefficient (Wildman–Crippen LogP) is 0.477. The molecule has 0 radical (unpaired) electrons. The minimum atomic E-state index is -1.18. The van der Waals surface area contributed by atoms with Crippen LogP contribution in [0.25, 0.3) is 0 Å². The first-order valence-corrected chi connectivity index (χ1v) is 13.5. The Balaban J connectivity index is 1.52. The molecule has 0 saturated carbocycles. The minimum Gasteiger partial charge on any atom is -0.484 e. The Morgan fingerprint density at radius 2 is 1.79 bits per heavy atom. The Kier molecular flexibility index (Phi) is 11.5. The molecule has 0 unspecified atom stereocenters. The molecule has 214 valence electrons. The third kappa shape index (κ3) is 9.86. The number of carbonyl (C=O) groups is 5. The van der Waals surface area contributed by atoms with E-state index < -0.39 is 36.3 Å². The molecule has 2 aliphatic rings. The SMILES string of the molecule is CNC(=O)COc1ccc(C(=O)N[C@@H](CC(=O)O)NC(=O)[C@@H]2CCCN(C(=O)CCC3CCNCC3)C2)cc1. The lowest BCUT2D eigenvalue weighted by molar-refractivity contribution is -0.138. The van der Waals surface area contributed by atoms with Crippen LogP contribution in [0.4, 0.5) is 0 Å². The van der Waals surface area contributed by atoms with Gasteiger partial charge in [0.2, 0.25) is 11.8 Å². The zero-order valence-electron chi connectivity index (χ0n) is 22.4. The minimum absolute atomic E-state index is 0.0455. The van der Waals surface area contributed by atoms with Gasteiger partial charge in [0.25, 0.3) is 11.8 Å². The van der Waals surface area contributed by atoms with Crippen LogP contribution >= 0.6 is 0 Å². The lowest BCUT2D eigenvalue weighted by Crippen LogP contribution is -2.53. The summed E-state index contributed by atoms with van der Waals surface area (Å²) in [5, 5.41) is 20.3. The van der Waals surface area contributed by atoms with Crippen LogP contribution in [0.3, 0.4) is 0 Å². The van der Waals surface area contributed by atoms with E-state index in [1.165, 1.54) is 31.3 Å². The monoisotopic (exact) mass is 545 g/mol. The second-order valence-corrected chi connectivity index (χ2v) is 10.0. The van der Waals surface area contributed by atoms with Crippen molar-refractivity contribution in [2.75, 3.05) is 39.8 Å². The van der Waals surface area contributed by atoms with E-state index in [1.807, 2.05) is 0 Å². The number of carbonyl (C=O) groups excluding carboxylic acids is 4. The van der Waals surface area contributed by atoms with Crippen molar-refractivity contribution in [2.24, 2.45) is 11.8 Å². The van der Waals surface area contributed by atoms with Gasteiger partial charge in [0.1, 0.15) is 11.9 Å². The summed E-state index contributed by atoms with van der Waals surface area (Å²) in [5.41, 5.74) is 0.232. The largest absolute Gasteiger partial charge is 0.484 e. The molecular formula is C27H39N5O7. The van der Waals surface area contributed by atoms with Gasteiger partial charge in [0.15, 0.2) is 6.61 Å². The fourth-order valence-electron chi connectivity index (χ4n) is 4.84. The van der Waals surface area contributed by atoms with Gasteiger partial charge in [-0.15, -0.1) is 0 Å². The first-order chi connectivity index (χ1) is 18.7. The highest BCUT2D eigenvalue weighted by Crippen LogP contribution is 2.22. The van der Waals surface area contributed by atoms with Gasteiger partial charge in [-0.25, -0.2) is 0 Å². The zero-order chi connectivity index (χ0) is 28.2. The number of piperidine rings is 2. The van der Waals surface area contributed by atoms with Gasteiger partial charge >= 0.3 is 5.97 Å². The molecule has 0 spiro atoms. The molecule has 2 atom stereocenters. The fourth-order valence-corrected chi connectivity index (χ4v) is 4.84. The smallest absolute Gasteiger partial charge is 0.307 e. The first kappa shape index (κ1) is 29.9. The van der Waals surface area contributed by atoms with Gasteiger partial charge in [-0.3, -0.25) is 24.0 Å². The molecule has 5 N–H and O–H groups in total. The number of likely N-dealkylation sites (N-methyl/N-ethyl adjacent to an activating group) is 1. The summed E-state index contributed by atoms with van der Waals surface area (Å²) in [6, 6.07) is 5.98. The van der Waals surface area contributed by atoms with Gasteiger partial charge in [-0.2, -0.15) is 0 Å². The number of likely N-dealkylation sites (tertiary alicyclic amines) is 1. The van der Waals surface area contributed by atoms with Crippen LogP contribution in [0.5, 0.6) is 5.75 Å². The number of carboxylic acid groups (broad SMARTS) is 1. The molecule has 1 aromatic rings.